The minimum Gasteiger partial charge on any atom is -0.339 e. The minimum atomic E-state index is 0.287. The summed E-state index contributed by atoms with van der Waals surface area (Å²) in [5.74, 6) is 1.19. The number of nitrogens with two attached hydrogens (primary N) is 1. The highest BCUT2D eigenvalue weighted by Gasteiger charge is 2.02. The average molecular weight is 225 g/mol. The Kier molecular flexibility index (Phi) is 3.28. The van der Waals surface area contributed by atoms with E-state index in [1.165, 1.54) is 0 Å². The van der Waals surface area contributed by atoms with Gasteiger partial charge in [0.25, 0.3) is 0 Å². The maximum Gasteiger partial charge on any atom is 0.144 e. The molecule has 0 amide bonds. The van der Waals surface area contributed by atoms with Crippen LogP contribution in [0, 0.1) is 11.3 Å². The number of hydrogen-bond acceptors (Lipinski definition) is 5. The van der Waals surface area contributed by atoms with Crippen LogP contribution in [0.2, 0.25) is 0 Å². The first-order valence-electron chi connectivity index (χ1n) is 5.11. The maximum absolute atomic E-state index is 8.95. The second-order valence-electron chi connectivity index (χ2n) is 3.34. The van der Waals surface area contributed by atoms with E-state index in [4.69, 9.17) is 11.0 Å². The van der Waals surface area contributed by atoms with Crippen LogP contribution >= 0.6 is 0 Å². The van der Waals surface area contributed by atoms with Crippen molar-refractivity contribution in [1.82, 2.24) is 9.97 Å². The zero-order valence-corrected chi connectivity index (χ0v) is 9.09. The quantitative estimate of drug-likeness (QED) is 0.827. The summed E-state index contributed by atoms with van der Waals surface area (Å²) in [5, 5.41) is 12.0. The number of nitrogens with zero attached hydrogens (tertiary/aromatic N) is 3. The SMILES string of the molecule is N#Cc1ccccc1Nc1ccnc(CN)n1. The summed E-state index contributed by atoms with van der Waals surface area (Å²) < 4.78 is 0. The van der Waals surface area contributed by atoms with E-state index in [0.717, 1.165) is 5.69 Å². The molecule has 0 aliphatic carbocycles. The van der Waals surface area contributed by atoms with Gasteiger partial charge in [0.2, 0.25) is 0 Å². The lowest BCUT2D eigenvalue weighted by molar-refractivity contribution is 0.912. The van der Waals surface area contributed by atoms with E-state index >= 15 is 0 Å². The summed E-state index contributed by atoms with van der Waals surface area (Å²) in [6.45, 7) is 0.287. The highest BCUT2D eigenvalue weighted by atomic mass is 15.0. The molecule has 0 aliphatic heterocycles. The van der Waals surface area contributed by atoms with Crippen LogP contribution in [0.1, 0.15) is 11.4 Å². The van der Waals surface area contributed by atoms with Crippen LogP contribution in [-0.2, 0) is 6.54 Å². The van der Waals surface area contributed by atoms with Gasteiger partial charge in [-0.15, -0.1) is 0 Å². The molecule has 2 rings (SSSR count). The van der Waals surface area contributed by atoms with Crippen molar-refractivity contribution < 1.29 is 0 Å². The fourth-order valence-corrected chi connectivity index (χ4v) is 1.39. The Labute approximate surface area is 98.9 Å². The molecule has 0 bridgehead atoms. The lowest BCUT2D eigenvalue weighted by Gasteiger charge is -2.07. The molecule has 1 heterocycles. The molecule has 17 heavy (non-hydrogen) atoms. The first-order valence-corrected chi connectivity index (χ1v) is 5.11. The van der Waals surface area contributed by atoms with Crippen LogP contribution < -0.4 is 11.1 Å². The highest BCUT2D eigenvalue weighted by molar-refractivity contribution is 5.64. The largest absolute Gasteiger partial charge is 0.339 e. The van der Waals surface area contributed by atoms with Gasteiger partial charge in [-0.05, 0) is 18.2 Å². The molecular weight excluding hydrogens is 214 g/mol. The van der Waals surface area contributed by atoms with E-state index in [9.17, 15) is 0 Å². The normalized spacial score (nSPS) is 9.65. The second-order valence-corrected chi connectivity index (χ2v) is 3.34. The molecule has 0 saturated carbocycles. The van der Waals surface area contributed by atoms with Crippen molar-refractivity contribution in [2.45, 2.75) is 6.54 Å². The zero-order valence-electron chi connectivity index (χ0n) is 9.09. The van der Waals surface area contributed by atoms with Gasteiger partial charge in [0.05, 0.1) is 17.8 Å². The third-order valence-corrected chi connectivity index (χ3v) is 2.20. The molecule has 0 saturated heterocycles. The van der Waals surface area contributed by atoms with E-state index in [0.29, 0.717) is 17.2 Å². The summed E-state index contributed by atoms with van der Waals surface area (Å²) in [5.41, 5.74) is 6.75. The van der Waals surface area contributed by atoms with Crippen molar-refractivity contribution in [3.63, 3.8) is 0 Å². The first-order chi connectivity index (χ1) is 8.33. The van der Waals surface area contributed by atoms with Gasteiger partial charge in [-0.2, -0.15) is 5.26 Å². The molecule has 0 fully saturated rings. The van der Waals surface area contributed by atoms with Crippen molar-refractivity contribution >= 4 is 11.5 Å². The average Bonchev–Trinajstić information content (AvgIpc) is 2.39. The predicted octanol–water partition coefficient (Wildman–Crippen LogP) is 1.55. The number of anilines is 2. The smallest absolute Gasteiger partial charge is 0.144 e. The lowest BCUT2D eigenvalue weighted by atomic mass is 10.2. The molecule has 1 aromatic heterocycles. The summed E-state index contributed by atoms with van der Waals surface area (Å²) >= 11 is 0. The van der Waals surface area contributed by atoms with Crippen LogP contribution in [0.4, 0.5) is 11.5 Å². The lowest BCUT2D eigenvalue weighted by Crippen LogP contribution is -2.05. The maximum atomic E-state index is 8.95. The summed E-state index contributed by atoms with van der Waals surface area (Å²) in [4.78, 5) is 8.21. The van der Waals surface area contributed by atoms with Gasteiger partial charge in [0.15, 0.2) is 0 Å². The fourth-order valence-electron chi connectivity index (χ4n) is 1.39. The van der Waals surface area contributed by atoms with Crippen molar-refractivity contribution in [3.05, 3.63) is 47.9 Å². The van der Waals surface area contributed by atoms with Crippen molar-refractivity contribution in [2.75, 3.05) is 5.32 Å². The van der Waals surface area contributed by atoms with E-state index < -0.39 is 0 Å². The van der Waals surface area contributed by atoms with Crippen LogP contribution in [0.5, 0.6) is 0 Å². The van der Waals surface area contributed by atoms with E-state index in [1.807, 2.05) is 18.2 Å². The minimum absolute atomic E-state index is 0.287. The van der Waals surface area contributed by atoms with Gasteiger partial charge in [0.1, 0.15) is 17.7 Å². The Balaban J connectivity index is 2.28. The number of aromatic nitrogens is 2. The second kappa shape index (κ2) is 5.05. The molecule has 5 heteroatoms. The number of nitrogens with one attached hydrogen (secondary N) is 1. The molecular formula is C12H11N5. The van der Waals surface area contributed by atoms with E-state index in [2.05, 4.69) is 21.4 Å². The van der Waals surface area contributed by atoms with Gasteiger partial charge in [-0.25, -0.2) is 9.97 Å². The monoisotopic (exact) mass is 225 g/mol. The van der Waals surface area contributed by atoms with E-state index in [-0.39, 0.29) is 6.54 Å². The fraction of sp³-hybridized carbons (Fsp3) is 0.0833. The topological polar surface area (TPSA) is 87.6 Å². The van der Waals surface area contributed by atoms with Crippen LogP contribution in [0.15, 0.2) is 36.5 Å². The number of hydrogen-bond donors (Lipinski definition) is 2. The number of benzene rings is 1. The van der Waals surface area contributed by atoms with E-state index in [1.54, 1.807) is 18.3 Å². The Bertz CT molecular complexity index is 559. The molecule has 0 unspecified atom stereocenters. The van der Waals surface area contributed by atoms with Crippen molar-refractivity contribution in [1.29, 1.82) is 5.26 Å². The molecule has 84 valence electrons. The van der Waals surface area contributed by atoms with Gasteiger partial charge in [0, 0.05) is 6.20 Å². The number of nitriles is 1. The Hall–Kier alpha value is -2.45. The standard InChI is InChI=1S/C12H11N5/c13-7-9-3-1-2-4-10(9)16-11-5-6-15-12(8-14)17-11/h1-6H,8,14H2,(H,15,16,17). The molecule has 0 atom stereocenters. The summed E-state index contributed by atoms with van der Waals surface area (Å²) in [6, 6.07) is 11.1. The summed E-state index contributed by atoms with van der Waals surface area (Å²) in [6.07, 6.45) is 1.63. The van der Waals surface area contributed by atoms with Gasteiger partial charge < -0.3 is 11.1 Å². The summed E-state index contributed by atoms with van der Waals surface area (Å²) in [7, 11) is 0. The first kappa shape index (κ1) is 11.0. The van der Waals surface area contributed by atoms with Crippen molar-refractivity contribution in [2.24, 2.45) is 5.73 Å². The molecule has 1 aromatic carbocycles. The van der Waals surface area contributed by atoms with Crippen LogP contribution in [-0.4, -0.2) is 9.97 Å². The Morgan fingerprint density at radius 1 is 1.29 bits per heavy atom. The molecule has 5 nitrogen and oxygen atoms in total. The number of rotatable bonds is 3. The Morgan fingerprint density at radius 3 is 2.88 bits per heavy atom. The highest BCUT2D eigenvalue weighted by Crippen LogP contribution is 2.18. The number of para-hydroxylation sites is 1. The van der Waals surface area contributed by atoms with Gasteiger partial charge >= 0.3 is 0 Å². The molecule has 0 radical (unpaired) electrons. The predicted molar refractivity (Wildman–Crippen MR) is 64.4 cm³/mol. The third kappa shape index (κ3) is 2.56. The van der Waals surface area contributed by atoms with Crippen LogP contribution in [0.3, 0.4) is 0 Å². The van der Waals surface area contributed by atoms with Crippen LogP contribution in [0.25, 0.3) is 0 Å². The molecule has 3 N–H and O–H groups in total. The zero-order chi connectivity index (χ0) is 12.1. The van der Waals surface area contributed by atoms with Crippen molar-refractivity contribution in [3.8, 4) is 6.07 Å². The molecule has 2 aromatic rings. The van der Waals surface area contributed by atoms with Gasteiger partial charge in [-0.3, -0.25) is 0 Å². The molecule has 0 spiro atoms. The molecule has 0 aliphatic rings. The van der Waals surface area contributed by atoms with Gasteiger partial charge in [-0.1, -0.05) is 12.1 Å². The third-order valence-electron chi connectivity index (χ3n) is 2.20. The Morgan fingerprint density at radius 2 is 2.12 bits per heavy atom.